The molecule has 1 aromatic rings. The van der Waals surface area contributed by atoms with E-state index < -0.39 is 0 Å². The molecule has 3 unspecified atom stereocenters. The van der Waals surface area contributed by atoms with Gasteiger partial charge in [-0.25, -0.2) is 0 Å². The number of fused-ring (bicyclic) bond motifs is 2. The molecule has 1 aromatic heterocycles. The first-order valence-corrected chi connectivity index (χ1v) is 9.20. The van der Waals surface area contributed by atoms with E-state index in [2.05, 4.69) is 11.0 Å². The van der Waals surface area contributed by atoms with Crippen molar-refractivity contribution in [3.05, 3.63) is 21.4 Å². The first-order chi connectivity index (χ1) is 10.2. The van der Waals surface area contributed by atoms with Crippen molar-refractivity contribution in [1.82, 2.24) is 4.90 Å². The Bertz CT molecular complexity index is 535. The fraction of sp³-hybridized carbons (Fsp3) is 0.706. The molecule has 3 nitrogen and oxygen atoms in total. The molecule has 1 amide bonds. The predicted molar refractivity (Wildman–Crippen MR) is 92.9 cm³/mol. The van der Waals surface area contributed by atoms with Crippen LogP contribution in [0.15, 0.2) is 6.07 Å². The van der Waals surface area contributed by atoms with Crippen LogP contribution in [0, 0.1) is 11.8 Å². The summed E-state index contributed by atoms with van der Waals surface area (Å²) in [5.41, 5.74) is 7.62. The molecule has 22 heavy (non-hydrogen) atoms. The lowest BCUT2D eigenvalue weighted by molar-refractivity contribution is 0.0784. The van der Waals surface area contributed by atoms with Crippen molar-refractivity contribution in [2.75, 3.05) is 13.1 Å². The van der Waals surface area contributed by atoms with Crippen LogP contribution < -0.4 is 5.73 Å². The predicted octanol–water partition coefficient (Wildman–Crippen LogP) is 3.25. The van der Waals surface area contributed by atoms with E-state index in [1.54, 1.807) is 11.3 Å². The van der Waals surface area contributed by atoms with E-state index in [9.17, 15) is 4.79 Å². The van der Waals surface area contributed by atoms with Crippen LogP contribution in [0.4, 0.5) is 0 Å². The minimum atomic E-state index is 0. The maximum Gasteiger partial charge on any atom is 0.263 e. The molecule has 0 bridgehead atoms. The highest BCUT2D eigenvalue weighted by atomic mass is 35.5. The van der Waals surface area contributed by atoms with Gasteiger partial charge in [-0.05, 0) is 62.0 Å². The number of halogens is 1. The Hall–Kier alpha value is -0.580. The summed E-state index contributed by atoms with van der Waals surface area (Å²) < 4.78 is 0. The van der Waals surface area contributed by atoms with E-state index in [-0.39, 0.29) is 18.3 Å². The number of thiophene rings is 1. The van der Waals surface area contributed by atoms with Gasteiger partial charge < -0.3 is 10.6 Å². The molecule has 3 aliphatic rings. The van der Waals surface area contributed by atoms with E-state index >= 15 is 0 Å². The van der Waals surface area contributed by atoms with Gasteiger partial charge in [-0.2, -0.15) is 0 Å². The van der Waals surface area contributed by atoms with Crippen molar-refractivity contribution < 1.29 is 4.79 Å². The van der Waals surface area contributed by atoms with Crippen LogP contribution in [0.3, 0.4) is 0 Å². The smallest absolute Gasteiger partial charge is 0.263 e. The minimum absolute atomic E-state index is 0. The molecule has 0 aromatic carbocycles. The summed E-state index contributed by atoms with van der Waals surface area (Å²) in [6.45, 7) is 1.81. The van der Waals surface area contributed by atoms with Gasteiger partial charge in [0.15, 0.2) is 0 Å². The van der Waals surface area contributed by atoms with Crippen LogP contribution in [-0.2, 0) is 12.8 Å². The zero-order chi connectivity index (χ0) is 14.4. The molecule has 2 aliphatic carbocycles. The number of nitrogens with zero attached hydrogens (tertiary/aromatic N) is 1. The third-order valence-corrected chi connectivity index (χ3v) is 6.88. The summed E-state index contributed by atoms with van der Waals surface area (Å²) in [4.78, 5) is 17.3. The lowest BCUT2D eigenvalue weighted by Gasteiger charge is -2.17. The number of hydrogen-bond acceptors (Lipinski definition) is 3. The second-order valence-electron chi connectivity index (χ2n) is 6.99. The van der Waals surface area contributed by atoms with E-state index in [0.717, 1.165) is 30.8 Å². The third kappa shape index (κ3) is 2.81. The largest absolute Gasteiger partial charge is 0.337 e. The van der Waals surface area contributed by atoms with Gasteiger partial charge in [0.1, 0.15) is 0 Å². The number of carbonyl (C=O) groups is 1. The molecule has 2 N–H and O–H groups in total. The maximum absolute atomic E-state index is 12.8. The third-order valence-electron chi connectivity index (χ3n) is 5.66. The zero-order valence-electron chi connectivity index (χ0n) is 12.9. The van der Waals surface area contributed by atoms with E-state index in [1.165, 1.54) is 42.5 Å². The van der Waals surface area contributed by atoms with E-state index in [0.29, 0.717) is 17.9 Å². The minimum Gasteiger partial charge on any atom is -0.337 e. The Morgan fingerprint density at radius 1 is 1.18 bits per heavy atom. The Morgan fingerprint density at radius 3 is 2.82 bits per heavy atom. The average Bonchev–Trinajstić information content (AvgIpc) is 3.12. The highest BCUT2D eigenvalue weighted by Gasteiger charge is 2.42. The molecular formula is C17H25ClN2OS. The summed E-state index contributed by atoms with van der Waals surface area (Å²) >= 11 is 1.75. The first-order valence-electron chi connectivity index (χ1n) is 8.39. The Labute approximate surface area is 142 Å². The number of amides is 1. The Morgan fingerprint density at radius 2 is 2.00 bits per heavy atom. The van der Waals surface area contributed by atoms with E-state index in [4.69, 9.17) is 5.73 Å². The molecule has 122 valence electrons. The lowest BCUT2D eigenvalue weighted by atomic mass is 9.98. The van der Waals surface area contributed by atoms with Crippen molar-refractivity contribution in [2.24, 2.45) is 17.6 Å². The summed E-state index contributed by atoms with van der Waals surface area (Å²) in [7, 11) is 0. The molecule has 0 spiro atoms. The first kappa shape index (κ1) is 16.3. The van der Waals surface area contributed by atoms with Crippen LogP contribution in [0.2, 0.25) is 0 Å². The van der Waals surface area contributed by atoms with Crippen LogP contribution in [0.5, 0.6) is 0 Å². The summed E-state index contributed by atoms with van der Waals surface area (Å²) in [5.74, 6) is 1.46. The highest BCUT2D eigenvalue weighted by molar-refractivity contribution is 7.14. The molecule has 5 heteroatoms. The quantitative estimate of drug-likeness (QED) is 0.798. The van der Waals surface area contributed by atoms with Gasteiger partial charge in [0.2, 0.25) is 0 Å². The molecule has 1 saturated carbocycles. The average molecular weight is 341 g/mol. The van der Waals surface area contributed by atoms with Crippen molar-refractivity contribution >= 4 is 29.7 Å². The Kier molecular flexibility index (Phi) is 4.81. The molecule has 1 saturated heterocycles. The highest BCUT2D eigenvalue weighted by Crippen LogP contribution is 2.38. The number of nitrogens with two attached hydrogens (primary N) is 1. The van der Waals surface area contributed by atoms with E-state index in [1.807, 2.05) is 0 Å². The number of likely N-dealkylation sites (tertiary alicyclic amines) is 1. The standard InChI is InChI=1S/C17H24N2OS.ClH/c18-14-7-6-12-9-19(10-13(12)14)17(20)16-8-11-4-2-1-3-5-15(11)21-16;/h8,12-14H,1-7,9-10,18H2;1H. The molecule has 3 atom stereocenters. The fourth-order valence-electron chi connectivity index (χ4n) is 4.40. The second kappa shape index (κ2) is 6.50. The molecule has 2 fully saturated rings. The van der Waals surface area contributed by atoms with Crippen molar-refractivity contribution in [3.8, 4) is 0 Å². The van der Waals surface area contributed by atoms with Crippen molar-refractivity contribution in [3.63, 3.8) is 0 Å². The summed E-state index contributed by atoms with van der Waals surface area (Å²) in [6.07, 6.45) is 8.57. The van der Waals surface area contributed by atoms with Gasteiger partial charge in [0.25, 0.3) is 5.91 Å². The second-order valence-corrected chi connectivity index (χ2v) is 8.13. The molecule has 4 rings (SSSR count). The van der Waals surface area contributed by atoms with Gasteiger partial charge in [-0.3, -0.25) is 4.79 Å². The van der Waals surface area contributed by atoms with Gasteiger partial charge in [-0.1, -0.05) is 6.42 Å². The summed E-state index contributed by atoms with van der Waals surface area (Å²) in [6, 6.07) is 2.50. The number of aryl methyl sites for hydroxylation is 2. The lowest BCUT2D eigenvalue weighted by Crippen LogP contribution is -2.33. The van der Waals surface area contributed by atoms with Crippen LogP contribution in [0.1, 0.15) is 52.2 Å². The van der Waals surface area contributed by atoms with Gasteiger partial charge >= 0.3 is 0 Å². The molecular weight excluding hydrogens is 316 g/mol. The number of rotatable bonds is 1. The summed E-state index contributed by atoms with van der Waals surface area (Å²) in [5, 5.41) is 0. The van der Waals surface area contributed by atoms with Crippen LogP contribution >= 0.6 is 23.7 Å². The Balaban J connectivity index is 0.00000144. The SMILES string of the molecule is Cl.NC1CCC2CN(C(=O)c3cc4c(s3)CCCCC4)CC12. The zero-order valence-corrected chi connectivity index (χ0v) is 14.6. The normalized spacial score (nSPS) is 30.4. The number of carbonyl (C=O) groups excluding carboxylic acids is 1. The van der Waals surface area contributed by atoms with Gasteiger partial charge in [0, 0.05) is 24.0 Å². The van der Waals surface area contributed by atoms with Crippen molar-refractivity contribution in [2.45, 2.75) is 51.0 Å². The van der Waals surface area contributed by atoms with Crippen molar-refractivity contribution in [1.29, 1.82) is 0 Å². The van der Waals surface area contributed by atoms with Gasteiger partial charge in [0.05, 0.1) is 4.88 Å². The molecule has 2 heterocycles. The monoisotopic (exact) mass is 340 g/mol. The number of hydrogen-bond donors (Lipinski definition) is 1. The molecule has 0 radical (unpaired) electrons. The van der Waals surface area contributed by atoms with Crippen LogP contribution in [0.25, 0.3) is 0 Å². The van der Waals surface area contributed by atoms with Crippen LogP contribution in [-0.4, -0.2) is 29.9 Å². The molecule has 1 aliphatic heterocycles. The van der Waals surface area contributed by atoms with Gasteiger partial charge in [-0.15, -0.1) is 23.7 Å². The topological polar surface area (TPSA) is 46.3 Å². The fourth-order valence-corrected chi connectivity index (χ4v) is 5.62. The maximum atomic E-state index is 12.8.